The van der Waals surface area contributed by atoms with Gasteiger partial charge in [0.15, 0.2) is 0 Å². The first-order chi connectivity index (χ1) is 9.60. The lowest BCUT2D eigenvalue weighted by Gasteiger charge is -2.19. The van der Waals surface area contributed by atoms with Crippen molar-refractivity contribution in [1.29, 1.82) is 0 Å². The average Bonchev–Trinajstić information content (AvgIpc) is 2.33. The van der Waals surface area contributed by atoms with Crippen molar-refractivity contribution < 1.29 is 28.6 Å². The monoisotopic (exact) mass is 298 g/mol. The summed E-state index contributed by atoms with van der Waals surface area (Å²) in [6.45, 7) is 4.91. The first-order valence-electron chi connectivity index (χ1n) is 5.92. The summed E-state index contributed by atoms with van der Waals surface area (Å²) in [4.78, 5) is 33.6. The highest BCUT2D eigenvalue weighted by atomic mass is 19.1. The second-order valence-electron chi connectivity index (χ2n) is 5.08. The maximum absolute atomic E-state index is 13.6. The number of halogens is 1. The largest absolute Gasteiger partial charge is 0.478 e. The summed E-state index contributed by atoms with van der Waals surface area (Å²) >= 11 is 0. The molecule has 0 aliphatic heterocycles. The molecule has 21 heavy (non-hydrogen) atoms. The van der Waals surface area contributed by atoms with Crippen molar-refractivity contribution in [2.45, 2.75) is 26.4 Å². The number of carboxylic acid groups (broad SMARTS) is 1. The maximum atomic E-state index is 13.6. The molecule has 0 bridgehead atoms. The molecule has 0 unspecified atom stereocenters. The number of benzene rings is 1. The zero-order chi connectivity index (χ0) is 16.2. The molecule has 0 aromatic heterocycles. The summed E-state index contributed by atoms with van der Waals surface area (Å²) in [6.07, 6.45) is -0.904. The van der Waals surface area contributed by atoms with Crippen LogP contribution in [-0.2, 0) is 4.74 Å². The Kier molecular flexibility index (Phi) is 4.85. The standard InChI is InChI=1S/C13H15FN2O5/c1-13(2,3)21-12(20)16-15-10(17)8-5-4-7(11(18)19)6-9(8)14/h4-6H,1-3H3,(H,15,17)(H,16,20)(H,18,19). The zero-order valence-electron chi connectivity index (χ0n) is 11.7. The Bertz CT molecular complexity index is 580. The number of carbonyl (C=O) groups is 3. The van der Waals surface area contributed by atoms with Crippen molar-refractivity contribution in [2.24, 2.45) is 0 Å². The molecule has 2 amide bonds. The second kappa shape index (κ2) is 6.21. The molecular weight excluding hydrogens is 283 g/mol. The van der Waals surface area contributed by atoms with E-state index in [1.165, 1.54) is 0 Å². The summed E-state index contributed by atoms with van der Waals surface area (Å²) in [6, 6.07) is 2.80. The number of ether oxygens (including phenoxy) is 1. The Labute approximate surface area is 120 Å². The van der Waals surface area contributed by atoms with Gasteiger partial charge < -0.3 is 9.84 Å². The summed E-state index contributed by atoms with van der Waals surface area (Å²) in [5.41, 5.74) is 2.48. The van der Waals surface area contributed by atoms with Crippen LogP contribution in [0.3, 0.4) is 0 Å². The van der Waals surface area contributed by atoms with Gasteiger partial charge in [0.05, 0.1) is 11.1 Å². The lowest BCUT2D eigenvalue weighted by atomic mass is 10.1. The average molecular weight is 298 g/mol. The van der Waals surface area contributed by atoms with Crippen molar-refractivity contribution in [1.82, 2.24) is 10.9 Å². The highest BCUT2D eigenvalue weighted by Gasteiger charge is 2.18. The van der Waals surface area contributed by atoms with Gasteiger partial charge in [-0.15, -0.1) is 0 Å². The minimum Gasteiger partial charge on any atom is -0.478 e. The second-order valence-corrected chi connectivity index (χ2v) is 5.08. The van der Waals surface area contributed by atoms with Crippen LogP contribution in [0.2, 0.25) is 0 Å². The Balaban J connectivity index is 2.68. The Morgan fingerprint density at radius 1 is 1.19 bits per heavy atom. The van der Waals surface area contributed by atoms with Gasteiger partial charge in [0.25, 0.3) is 5.91 Å². The van der Waals surface area contributed by atoms with Crippen molar-refractivity contribution in [2.75, 3.05) is 0 Å². The van der Waals surface area contributed by atoms with Crippen LogP contribution < -0.4 is 10.9 Å². The first-order valence-corrected chi connectivity index (χ1v) is 5.92. The minimum absolute atomic E-state index is 0.288. The third-order valence-electron chi connectivity index (χ3n) is 2.14. The number of hydrogen-bond donors (Lipinski definition) is 3. The minimum atomic E-state index is -1.31. The third kappa shape index (κ3) is 5.09. The number of carboxylic acids is 1. The van der Waals surface area contributed by atoms with Crippen molar-refractivity contribution in [3.8, 4) is 0 Å². The molecule has 0 aliphatic carbocycles. The lowest BCUT2D eigenvalue weighted by molar-refractivity contribution is 0.0482. The molecule has 0 fully saturated rings. The fraction of sp³-hybridized carbons (Fsp3) is 0.308. The van der Waals surface area contributed by atoms with E-state index < -0.39 is 35.0 Å². The van der Waals surface area contributed by atoms with Crippen molar-refractivity contribution >= 4 is 18.0 Å². The van der Waals surface area contributed by atoms with Crippen LogP contribution in [0, 0.1) is 5.82 Å². The van der Waals surface area contributed by atoms with E-state index in [1.54, 1.807) is 20.8 Å². The fourth-order valence-electron chi connectivity index (χ4n) is 1.31. The summed E-state index contributed by atoms with van der Waals surface area (Å²) in [5, 5.41) is 8.68. The SMILES string of the molecule is CC(C)(C)OC(=O)NNC(=O)c1ccc(C(=O)O)cc1F. The van der Waals surface area contributed by atoms with Crippen LogP contribution in [0.15, 0.2) is 18.2 Å². The van der Waals surface area contributed by atoms with Gasteiger partial charge in [-0.1, -0.05) is 0 Å². The van der Waals surface area contributed by atoms with Gasteiger partial charge in [0, 0.05) is 0 Å². The molecule has 0 heterocycles. The number of amides is 2. The predicted molar refractivity (Wildman–Crippen MR) is 70.2 cm³/mol. The molecule has 114 valence electrons. The molecule has 7 nitrogen and oxygen atoms in total. The molecule has 0 atom stereocenters. The summed E-state index contributed by atoms with van der Waals surface area (Å²) in [5.74, 6) is -3.26. The van der Waals surface area contributed by atoms with Crippen LogP contribution in [0.5, 0.6) is 0 Å². The van der Waals surface area contributed by atoms with E-state index in [-0.39, 0.29) is 5.56 Å². The van der Waals surface area contributed by atoms with Gasteiger partial charge in [-0.3, -0.25) is 10.2 Å². The van der Waals surface area contributed by atoms with E-state index in [1.807, 2.05) is 10.9 Å². The summed E-state index contributed by atoms with van der Waals surface area (Å²) < 4.78 is 18.5. The fourth-order valence-corrected chi connectivity index (χ4v) is 1.31. The van der Waals surface area contributed by atoms with E-state index in [9.17, 15) is 18.8 Å². The van der Waals surface area contributed by atoms with Gasteiger partial charge in [-0.25, -0.2) is 19.4 Å². The number of hydrazine groups is 1. The number of hydrogen-bond acceptors (Lipinski definition) is 4. The smallest absolute Gasteiger partial charge is 0.426 e. The van der Waals surface area contributed by atoms with Gasteiger partial charge in [0.2, 0.25) is 0 Å². The third-order valence-corrected chi connectivity index (χ3v) is 2.14. The van der Waals surface area contributed by atoms with Crippen molar-refractivity contribution in [3.05, 3.63) is 35.1 Å². The first kappa shape index (κ1) is 16.4. The van der Waals surface area contributed by atoms with Gasteiger partial charge in [0.1, 0.15) is 11.4 Å². The molecule has 3 N–H and O–H groups in total. The van der Waals surface area contributed by atoms with E-state index in [2.05, 4.69) is 0 Å². The number of rotatable bonds is 2. The zero-order valence-corrected chi connectivity index (χ0v) is 11.7. The molecule has 0 saturated carbocycles. The number of carbonyl (C=O) groups excluding carboxylic acids is 2. The molecular formula is C13H15FN2O5. The maximum Gasteiger partial charge on any atom is 0.426 e. The van der Waals surface area contributed by atoms with Crippen LogP contribution in [-0.4, -0.2) is 28.7 Å². The van der Waals surface area contributed by atoms with Gasteiger partial charge in [-0.2, -0.15) is 0 Å². The molecule has 8 heteroatoms. The van der Waals surface area contributed by atoms with Crippen LogP contribution in [0.1, 0.15) is 41.5 Å². The number of aromatic carboxylic acids is 1. The summed E-state index contributed by atoms with van der Waals surface area (Å²) in [7, 11) is 0. The Morgan fingerprint density at radius 3 is 2.29 bits per heavy atom. The molecule has 0 spiro atoms. The highest BCUT2D eigenvalue weighted by molar-refractivity contribution is 5.96. The molecule has 0 radical (unpaired) electrons. The highest BCUT2D eigenvalue weighted by Crippen LogP contribution is 2.10. The molecule has 1 aromatic rings. The van der Waals surface area contributed by atoms with Crippen LogP contribution >= 0.6 is 0 Å². The molecule has 0 aliphatic rings. The lowest BCUT2D eigenvalue weighted by Crippen LogP contribution is -2.44. The van der Waals surface area contributed by atoms with E-state index in [0.29, 0.717) is 6.07 Å². The molecule has 1 aromatic carbocycles. The van der Waals surface area contributed by atoms with E-state index in [4.69, 9.17) is 9.84 Å². The Morgan fingerprint density at radius 2 is 1.81 bits per heavy atom. The van der Waals surface area contributed by atoms with Gasteiger partial charge in [-0.05, 0) is 39.0 Å². The number of nitrogens with one attached hydrogen (secondary N) is 2. The normalized spacial score (nSPS) is 10.7. The topological polar surface area (TPSA) is 105 Å². The van der Waals surface area contributed by atoms with Crippen LogP contribution in [0.4, 0.5) is 9.18 Å². The predicted octanol–water partition coefficient (Wildman–Crippen LogP) is 1.69. The quantitative estimate of drug-likeness (QED) is 0.721. The molecule has 1 rings (SSSR count). The van der Waals surface area contributed by atoms with Crippen molar-refractivity contribution in [3.63, 3.8) is 0 Å². The van der Waals surface area contributed by atoms with E-state index in [0.717, 1.165) is 12.1 Å². The van der Waals surface area contributed by atoms with E-state index >= 15 is 0 Å². The van der Waals surface area contributed by atoms with Gasteiger partial charge >= 0.3 is 12.1 Å². The van der Waals surface area contributed by atoms with Crippen LogP contribution in [0.25, 0.3) is 0 Å². The molecule has 0 saturated heterocycles. The Hall–Kier alpha value is -2.64.